The van der Waals surface area contributed by atoms with Gasteiger partial charge in [-0.25, -0.2) is 0 Å². The largest absolute Gasteiger partial charge is 0.381 e. The Morgan fingerprint density at radius 3 is 2.73 bits per heavy atom. The Bertz CT molecular complexity index is 375. The Balaban J connectivity index is 2.05. The van der Waals surface area contributed by atoms with Gasteiger partial charge in [0.05, 0.1) is 0 Å². The number of fused-ring (bicyclic) bond motifs is 2. The average Bonchev–Trinajstić information content (AvgIpc) is 2.59. The van der Waals surface area contributed by atoms with Crippen molar-refractivity contribution < 1.29 is 4.74 Å². The minimum absolute atomic E-state index is 0.442. The van der Waals surface area contributed by atoms with Crippen LogP contribution >= 0.6 is 15.9 Å². The molecule has 1 spiro atoms. The molecule has 1 aromatic carbocycles. The molecule has 0 N–H and O–H groups in total. The van der Waals surface area contributed by atoms with Gasteiger partial charge in [-0.15, -0.1) is 0 Å². The molecule has 80 valence electrons. The van der Waals surface area contributed by atoms with Gasteiger partial charge in [-0.05, 0) is 48.9 Å². The summed E-state index contributed by atoms with van der Waals surface area (Å²) in [4.78, 5) is 0. The number of aryl methyl sites for hydroxylation is 1. The summed E-state index contributed by atoms with van der Waals surface area (Å²) in [6, 6.07) is 6.77. The summed E-state index contributed by atoms with van der Waals surface area (Å²) < 4.78 is 6.71. The quantitative estimate of drug-likeness (QED) is 0.699. The number of ether oxygens (including phenoxy) is 1. The van der Waals surface area contributed by atoms with Crippen LogP contribution in [0.15, 0.2) is 22.7 Å². The standard InChI is InChI=1S/C13H15BrO/c14-11-2-1-10-3-4-13(12(10)9-11)5-7-15-8-6-13/h1-2,9H,3-8H2. The van der Waals surface area contributed by atoms with Gasteiger partial charge in [0.25, 0.3) is 0 Å². The van der Waals surface area contributed by atoms with Crippen LogP contribution in [0.25, 0.3) is 0 Å². The van der Waals surface area contributed by atoms with Crippen molar-refractivity contribution in [2.24, 2.45) is 0 Å². The van der Waals surface area contributed by atoms with Crippen molar-refractivity contribution in [3.05, 3.63) is 33.8 Å². The lowest BCUT2D eigenvalue weighted by atomic mass is 9.75. The van der Waals surface area contributed by atoms with Crippen LogP contribution in [0.5, 0.6) is 0 Å². The molecule has 1 saturated heterocycles. The topological polar surface area (TPSA) is 9.23 Å². The minimum atomic E-state index is 0.442. The molecule has 0 bridgehead atoms. The first kappa shape index (κ1) is 9.86. The summed E-state index contributed by atoms with van der Waals surface area (Å²) in [5, 5.41) is 0. The second-order valence-electron chi connectivity index (χ2n) is 4.69. The first-order valence-electron chi connectivity index (χ1n) is 5.67. The van der Waals surface area contributed by atoms with Crippen LogP contribution in [0.4, 0.5) is 0 Å². The van der Waals surface area contributed by atoms with E-state index in [1.165, 1.54) is 30.2 Å². The maximum atomic E-state index is 5.49. The number of rotatable bonds is 0. The summed E-state index contributed by atoms with van der Waals surface area (Å²) in [6.45, 7) is 1.87. The van der Waals surface area contributed by atoms with Gasteiger partial charge in [-0.3, -0.25) is 0 Å². The molecular weight excluding hydrogens is 252 g/mol. The van der Waals surface area contributed by atoms with Gasteiger partial charge >= 0.3 is 0 Å². The summed E-state index contributed by atoms with van der Waals surface area (Å²) in [7, 11) is 0. The zero-order valence-corrected chi connectivity index (χ0v) is 10.3. The molecule has 2 heteroatoms. The number of benzene rings is 1. The molecule has 1 aromatic rings. The van der Waals surface area contributed by atoms with E-state index in [1.54, 1.807) is 11.1 Å². The highest BCUT2D eigenvalue weighted by molar-refractivity contribution is 9.10. The van der Waals surface area contributed by atoms with E-state index in [0.717, 1.165) is 13.2 Å². The molecule has 15 heavy (non-hydrogen) atoms. The van der Waals surface area contributed by atoms with Crippen LogP contribution < -0.4 is 0 Å². The lowest BCUT2D eigenvalue weighted by molar-refractivity contribution is 0.0506. The van der Waals surface area contributed by atoms with E-state index < -0.39 is 0 Å². The average molecular weight is 267 g/mol. The van der Waals surface area contributed by atoms with E-state index in [0.29, 0.717) is 5.41 Å². The molecule has 0 atom stereocenters. The van der Waals surface area contributed by atoms with E-state index in [1.807, 2.05) is 0 Å². The number of halogens is 1. The van der Waals surface area contributed by atoms with Crippen molar-refractivity contribution in [2.45, 2.75) is 31.1 Å². The van der Waals surface area contributed by atoms with E-state index >= 15 is 0 Å². The maximum Gasteiger partial charge on any atom is 0.0474 e. The van der Waals surface area contributed by atoms with Gasteiger partial charge in [-0.1, -0.05) is 22.0 Å². The van der Waals surface area contributed by atoms with Gasteiger partial charge in [0, 0.05) is 23.1 Å². The third kappa shape index (κ3) is 1.55. The first-order chi connectivity index (χ1) is 7.30. The Labute approximate surface area is 99.0 Å². The molecule has 0 radical (unpaired) electrons. The molecule has 0 amide bonds. The Kier molecular flexibility index (Phi) is 2.37. The molecule has 2 aliphatic rings. The SMILES string of the molecule is Brc1ccc2c(c1)C1(CCOCC1)CC2. The smallest absolute Gasteiger partial charge is 0.0474 e. The Morgan fingerprint density at radius 1 is 1.13 bits per heavy atom. The van der Waals surface area contributed by atoms with Gasteiger partial charge in [0.15, 0.2) is 0 Å². The van der Waals surface area contributed by atoms with Crippen LogP contribution in [-0.2, 0) is 16.6 Å². The number of hydrogen-bond acceptors (Lipinski definition) is 1. The van der Waals surface area contributed by atoms with Crippen LogP contribution in [0, 0.1) is 0 Å². The molecule has 1 heterocycles. The fourth-order valence-corrected chi connectivity index (χ4v) is 3.41. The first-order valence-corrected chi connectivity index (χ1v) is 6.46. The molecule has 0 unspecified atom stereocenters. The van der Waals surface area contributed by atoms with E-state index in [9.17, 15) is 0 Å². The molecule has 0 aromatic heterocycles. The zero-order chi connectivity index (χ0) is 10.3. The molecule has 3 rings (SSSR count). The second-order valence-corrected chi connectivity index (χ2v) is 5.61. The minimum Gasteiger partial charge on any atom is -0.381 e. The van der Waals surface area contributed by atoms with Gasteiger partial charge < -0.3 is 4.74 Å². The molecule has 1 aliphatic heterocycles. The van der Waals surface area contributed by atoms with Crippen LogP contribution in [0.1, 0.15) is 30.4 Å². The predicted octanol–water partition coefficient (Wildman–Crippen LogP) is 3.44. The fraction of sp³-hybridized carbons (Fsp3) is 0.538. The Hall–Kier alpha value is -0.340. The fourth-order valence-electron chi connectivity index (χ4n) is 3.05. The van der Waals surface area contributed by atoms with Crippen molar-refractivity contribution in [3.63, 3.8) is 0 Å². The molecule has 1 nitrogen and oxygen atoms in total. The van der Waals surface area contributed by atoms with Crippen molar-refractivity contribution in [1.29, 1.82) is 0 Å². The second kappa shape index (κ2) is 3.60. The van der Waals surface area contributed by atoms with E-state index in [-0.39, 0.29) is 0 Å². The van der Waals surface area contributed by atoms with Gasteiger partial charge in [0.1, 0.15) is 0 Å². The normalized spacial score (nSPS) is 23.0. The van der Waals surface area contributed by atoms with Crippen molar-refractivity contribution in [3.8, 4) is 0 Å². The van der Waals surface area contributed by atoms with E-state index in [4.69, 9.17) is 4.74 Å². The van der Waals surface area contributed by atoms with Crippen molar-refractivity contribution >= 4 is 15.9 Å². The summed E-state index contributed by atoms with van der Waals surface area (Å²) >= 11 is 3.58. The number of hydrogen-bond donors (Lipinski definition) is 0. The molecule has 0 saturated carbocycles. The van der Waals surface area contributed by atoms with Gasteiger partial charge in [-0.2, -0.15) is 0 Å². The highest BCUT2D eigenvalue weighted by Crippen LogP contribution is 2.46. The molecular formula is C13H15BrO. The summed E-state index contributed by atoms with van der Waals surface area (Å²) in [5.74, 6) is 0. The van der Waals surface area contributed by atoms with Crippen molar-refractivity contribution in [1.82, 2.24) is 0 Å². The van der Waals surface area contributed by atoms with E-state index in [2.05, 4.69) is 34.1 Å². The van der Waals surface area contributed by atoms with Gasteiger partial charge in [0.2, 0.25) is 0 Å². The van der Waals surface area contributed by atoms with Crippen molar-refractivity contribution in [2.75, 3.05) is 13.2 Å². The predicted molar refractivity (Wildman–Crippen MR) is 64.2 cm³/mol. The highest BCUT2D eigenvalue weighted by atomic mass is 79.9. The maximum absolute atomic E-state index is 5.49. The monoisotopic (exact) mass is 266 g/mol. The Morgan fingerprint density at radius 2 is 1.93 bits per heavy atom. The highest BCUT2D eigenvalue weighted by Gasteiger charge is 2.39. The molecule has 1 fully saturated rings. The third-order valence-electron chi connectivity index (χ3n) is 3.97. The lowest BCUT2D eigenvalue weighted by Crippen LogP contribution is -2.31. The van der Waals surface area contributed by atoms with Crippen LogP contribution in [0.3, 0.4) is 0 Å². The zero-order valence-electron chi connectivity index (χ0n) is 8.76. The van der Waals surface area contributed by atoms with Crippen LogP contribution in [0.2, 0.25) is 0 Å². The van der Waals surface area contributed by atoms with Crippen LogP contribution in [-0.4, -0.2) is 13.2 Å². The summed E-state index contributed by atoms with van der Waals surface area (Å²) in [5.41, 5.74) is 3.58. The third-order valence-corrected chi connectivity index (χ3v) is 4.46. The summed E-state index contributed by atoms with van der Waals surface area (Å²) in [6.07, 6.45) is 4.98. The lowest BCUT2D eigenvalue weighted by Gasteiger charge is -2.34. The molecule has 1 aliphatic carbocycles.